The lowest BCUT2D eigenvalue weighted by Crippen LogP contribution is -2.49. The average Bonchev–Trinajstić information content (AvgIpc) is 2.61. The van der Waals surface area contributed by atoms with E-state index in [0.717, 1.165) is 5.56 Å². The minimum absolute atomic E-state index is 0.0196. The Balaban J connectivity index is 1.86. The summed E-state index contributed by atoms with van der Waals surface area (Å²) in [5, 5.41) is 11.7. The number of fused-ring (bicyclic) bond motifs is 1. The van der Waals surface area contributed by atoms with Crippen molar-refractivity contribution in [2.45, 2.75) is 19.6 Å². The van der Waals surface area contributed by atoms with Crippen LogP contribution >= 0.6 is 0 Å². The van der Waals surface area contributed by atoms with E-state index in [4.69, 9.17) is 9.84 Å². The van der Waals surface area contributed by atoms with E-state index in [9.17, 15) is 14.4 Å². The molecule has 1 aliphatic rings. The fourth-order valence-electron chi connectivity index (χ4n) is 2.59. The van der Waals surface area contributed by atoms with Crippen LogP contribution in [0.1, 0.15) is 22.8 Å². The molecule has 128 valence electrons. The molecule has 3 rings (SSSR count). The van der Waals surface area contributed by atoms with Gasteiger partial charge in [-0.15, -0.1) is 0 Å². The van der Waals surface area contributed by atoms with Crippen LogP contribution in [0.4, 0.5) is 16.2 Å². The Labute approximate surface area is 143 Å². The van der Waals surface area contributed by atoms with E-state index in [1.54, 1.807) is 6.92 Å². The van der Waals surface area contributed by atoms with Crippen LogP contribution in [0.15, 0.2) is 48.5 Å². The second-order valence-corrected chi connectivity index (χ2v) is 5.61. The summed E-state index contributed by atoms with van der Waals surface area (Å²) in [5.41, 5.74) is 1.51. The lowest BCUT2D eigenvalue weighted by molar-refractivity contribution is -0.117. The fourth-order valence-corrected chi connectivity index (χ4v) is 2.59. The number of carboxylic acids is 1. The van der Waals surface area contributed by atoms with E-state index in [0.29, 0.717) is 5.69 Å². The van der Waals surface area contributed by atoms with Gasteiger partial charge in [0.2, 0.25) is 5.91 Å². The van der Waals surface area contributed by atoms with E-state index in [1.165, 1.54) is 23.1 Å². The van der Waals surface area contributed by atoms with E-state index in [1.807, 2.05) is 30.3 Å². The number of carboxylic acid groups (broad SMARTS) is 1. The van der Waals surface area contributed by atoms with Gasteiger partial charge in [0.05, 0.1) is 16.9 Å². The number of ether oxygens (including phenoxy) is 1. The van der Waals surface area contributed by atoms with Gasteiger partial charge in [0.15, 0.2) is 0 Å². The highest BCUT2D eigenvalue weighted by Gasteiger charge is 2.35. The second-order valence-electron chi connectivity index (χ2n) is 5.61. The first kappa shape index (κ1) is 16.5. The monoisotopic (exact) mass is 340 g/mol. The van der Waals surface area contributed by atoms with Crippen LogP contribution in [-0.4, -0.2) is 29.1 Å². The summed E-state index contributed by atoms with van der Waals surface area (Å²) < 4.78 is 5.31. The first-order valence-electron chi connectivity index (χ1n) is 7.65. The van der Waals surface area contributed by atoms with Crippen LogP contribution in [0.2, 0.25) is 0 Å². The van der Waals surface area contributed by atoms with Gasteiger partial charge >= 0.3 is 12.1 Å². The molecule has 7 heteroatoms. The van der Waals surface area contributed by atoms with E-state index < -0.39 is 24.0 Å². The molecule has 0 aliphatic carbocycles. The predicted octanol–water partition coefficient (Wildman–Crippen LogP) is 2.87. The molecule has 1 heterocycles. The van der Waals surface area contributed by atoms with Crippen LogP contribution in [0, 0.1) is 0 Å². The molecule has 2 N–H and O–H groups in total. The van der Waals surface area contributed by atoms with Gasteiger partial charge in [-0.1, -0.05) is 30.3 Å². The molecular formula is C18H16N2O5. The minimum Gasteiger partial charge on any atom is -0.478 e. The van der Waals surface area contributed by atoms with Crippen molar-refractivity contribution < 1.29 is 24.2 Å². The Kier molecular flexibility index (Phi) is 4.38. The predicted molar refractivity (Wildman–Crippen MR) is 90.6 cm³/mol. The van der Waals surface area contributed by atoms with Crippen molar-refractivity contribution >= 4 is 29.3 Å². The Morgan fingerprint density at radius 2 is 1.92 bits per heavy atom. The highest BCUT2D eigenvalue weighted by atomic mass is 16.6. The summed E-state index contributed by atoms with van der Waals surface area (Å²) in [4.78, 5) is 36.9. The van der Waals surface area contributed by atoms with Gasteiger partial charge in [-0.05, 0) is 30.7 Å². The number of hydrogen-bond donors (Lipinski definition) is 2. The van der Waals surface area contributed by atoms with Crippen molar-refractivity contribution in [2.75, 3.05) is 10.2 Å². The summed E-state index contributed by atoms with van der Waals surface area (Å²) in [7, 11) is 0. The number of anilines is 2. The number of carbonyl (C=O) groups excluding carboxylic acids is 2. The van der Waals surface area contributed by atoms with E-state index in [2.05, 4.69) is 5.32 Å². The summed E-state index contributed by atoms with van der Waals surface area (Å²) in [5.74, 6) is -1.53. The lowest BCUT2D eigenvalue weighted by Gasteiger charge is -2.33. The Bertz CT molecular complexity index is 835. The van der Waals surface area contributed by atoms with Gasteiger partial charge in [0, 0.05) is 0 Å². The molecule has 0 bridgehead atoms. The maximum atomic E-state index is 12.5. The van der Waals surface area contributed by atoms with Crippen molar-refractivity contribution in [3.8, 4) is 0 Å². The van der Waals surface area contributed by atoms with Crippen LogP contribution < -0.4 is 10.2 Å². The number of aromatic carboxylic acids is 1. The van der Waals surface area contributed by atoms with E-state index in [-0.39, 0.29) is 17.9 Å². The third kappa shape index (κ3) is 3.30. The maximum absolute atomic E-state index is 12.5. The van der Waals surface area contributed by atoms with Gasteiger partial charge in [0.25, 0.3) is 0 Å². The Morgan fingerprint density at radius 3 is 2.60 bits per heavy atom. The van der Waals surface area contributed by atoms with Gasteiger partial charge < -0.3 is 15.2 Å². The average molecular weight is 340 g/mol. The van der Waals surface area contributed by atoms with Crippen LogP contribution in [0.5, 0.6) is 0 Å². The van der Waals surface area contributed by atoms with Crippen LogP contribution in [-0.2, 0) is 16.1 Å². The van der Waals surface area contributed by atoms with Crippen molar-refractivity contribution in [1.29, 1.82) is 0 Å². The third-order valence-corrected chi connectivity index (χ3v) is 3.93. The fraction of sp³-hybridized carbons (Fsp3) is 0.167. The second kappa shape index (κ2) is 6.64. The number of carbonyl (C=O) groups is 3. The molecule has 0 saturated heterocycles. The molecule has 0 aromatic heterocycles. The van der Waals surface area contributed by atoms with Crippen molar-refractivity contribution in [2.24, 2.45) is 0 Å². The zero-order chi connectivity index (χ0) is 18.0. The van der Waals surface area contributed by atoms with Crippen molar-refractivity contribution in [3.63, 3.8) is 0 Å². The molecule has 2 amide bonds. The molecule has 1 aliphatic heterocycles. The molecule has 25 heavy (non-hydrogen) atoms. The molecule has 0 fully saturated rings. The number of rotatable bonds is 3. The summed E-state index contributed by atoms with van der Waals surface area (Å²) in [6.07, 6.45) is -0.671. The quantitative estimate of drug-likeness (QED) is 0.896. The molecule has 0 spiro atoms. The minimum atomic E-state index is -1.12. The molecule has 2 aromatic carbocycles. The van der Waals surface area contributed by atoms with Crippen LogP contribution in [0.25, 0.3) is 0 Å². The number of nitrogens with one attached hydrogen (secondary N) is 1. The molecule has 1 atom stereocenters. The highest BCUT2D eigenvalue weighted by molar-refractivity contribution is 6.11. The topological polar surface area (TPSA) is 95.9 Å². The van der Waals surface area contributed by atoms with E-state index >= 15 is 0 Å². The number of benzene rings is 2. The summed E-state index contributed by atoms with van der Waals surface area (Å²) in [6.45, 7) is 1.65. The zero-order valence-electron chi connectivity index (χ0n) is 13.4. The largest absolute Gasteiger partial charge is 0.478 e. The Morgan fingerprint density at radius 1 is 1.20 bits per heavy atom. The Hall–Kier alpha value is -3.35. The van der Waals surface area contributed by atoms with Crippen molar-refractivity contribution in [3.05, 3.63) is 59.7 Å². The molecule has 2 aromatic rings. The number of amides is 2. The SMILES string of the molecule is CC1C(=O)Nc2cc(C(=O)O)ccc2N1C(=O)OCc1ccccc1. The molecular weight excluding hydrogens is 324 g/mol. The lowest BCUT2D eigenvalue weighted by atomic mass is 10.1. The molecule has 7 nitrogen and oxygen atoms in total. The summed E-state index contributed by atoms with van der Waals surface area (Å²) >= 11 is 0. The first-order valence-corrected chi connectivity index (χ1v) is 7.65. The molecule has 0 saturated carbocycles. The highest BCUT2D eigenvalue weighted by Crippen LogP contribution is 2.33. The normalized spacial score (nSPS) is 16.0. The van der Waals surface area contributed by atoms with Crippen LogP contribution in [0.3, 0.4) is 0 Å². The molecule has 1 unspecified atom stereocenters. The first-order chi connectivity index (χ1) is 12.0. The smallest absolute Gasteiger partial charge is 0.415 e. The maximum Gasteiger partial charge on any atom is 0.415 e. The standard InChI is InChI=1S/C18H16N2O5/c1-11-16(21)19-14-9-13(17(22)23)7-8-15(14)20(11)18(24)25-10-12-5-3-2-4-6-12/h2-9,11H,10H2,1H3,(H,19,21)(H,22,23). The van der Waals surface area contributed by atoms with Gasteiger partial charge in [0.1, 0.15) is 12.6 Å². The van der Waals surface area contributed by atoms with Gasteiger partial charge in [-0.3, -0.25) is 9.69 Å². The number of nitrogens with zero attached hydrogens (tertiary/aromatic N) is 1. The third-order valence-electron chi connectivity index (χ3n) is 3.93. The summed E-state index contributed by atoms with van der Waals surface area (Å²) in [6, 6.07) is 12.6. The zero-order valence-corrected chi connectivity index (χ0v) is 13.4. The molecule has 0 radical (unpaired) electrons. The van der Waals surface area contributed by atoms with Crippen molar-refractivity contribution in [1.82, 2.24) is 0 Å². The van der Waals surface area contributed by atoms with Gasteiger partial charge in [-0.2, -0.15) is 0 Å². The van der Waals surface area contributed by atoms with Gasteiger partial charge in [-0.25, -0.2) is 9.59 Å². The number of hydrogen-bond acceptors (Lipinski definition) is 4.